The zero-order chi connectivity index (χ0) is 13.7. The van der Waals surface area contributed by atoms with Gasteiger partial charge >= 0.3 is 0 Å². The number of nitrogens with zero attached hydrogens (tertiary/aromatic N) is 1. The van der Waals surface area contributed by atoms with Crippen LogP contribution in [0.25, 0.3) is 0 Å². The number of halogens is 1. The Morgan fingerprint density at radius 2 is 2.11 bits per heavy atom. The van der Waals surface area contributed by atoms with Gasteiger partial charge in [-0.3, -0.25) is 10.1 Å². The van der Waals surface area contributed by atoms with Gasteiger partial charge in [0, 0.05) is 12.6 Å². The van der Waals surface area contributed by atoms with Crippen molar-refractivity contribution < 1.29 is 9.31 Å². The molecule has 1 aromatic carbocycles. The molecule has 0 atom stereocenters. The number of benzene rings is 1. The zero-order valence-electron chi connectivity index (χ0n) is 10.6. The molecule has 19 heavy (non-hydrogen) atoms. The average Bonchev–Trinajstić information content (AvgIpc) is 2.39. The highest BCUT2D eigenvalue weighted by atomic mass is 32.2. The van der Waals surface area contributed by atoms with Crippen LogP contribution in [-0.4, -0.2) is 23.0 Å². The van der Waals surface area contributed by atoms with Crippen LogP contribution in [-0.2, 0) is 6.54 Å². The van der Waals surface area contributed by atoms with Crippen LogP contribution in [0.1, 0.15) is 18.4 Å². The van der Waals surface area contributed by atoms with Gasteiger partial charge in [0.2, 0.25) is 0 Å². The quantitative estimate of drug-likeness (QED) is 0.667. The SMILES string of the molecule is O=[N+]([O-])c1cc(F)cc(CNCC2CCSCC2)c1. The van der Waals surface area contributed by atoms with E-state index in [0.717, 1.165) is 12.6 Å². The molecular formula is C13H17FN2O2S. The van der Waals surface area contributed by atoms with Crippen molar-refractivity contribution in [1.29, 1.82) is 0 Å². The zero-order valence-corrected chi connectivity index (χ0v) is 11.4. The second-order valence-electron chi connectivity index (χ2n) is 4.76. The van der Waals surface area contributed by atoms with E-state index < -0.39 is 10.7 Å². The number of thioether (sulfide) groups is 1. The van der Waals surface area contributed by atoms with Crippen LogP contribution in [0.4, 0.5) is 10.1 Å². The van der Waals surface area contributed by atoms with E-state index in [1.807, 2.05) is 11.8 Å². The first-order valence-electron chi connectivity index (χ1n) is 6.37. The number of hydrogen-bond donors (Lipinski definition) is 1. The normalized spacial score (nSPS) is 16.5. The molecule has 2 rings (SSSR count). The second kappa shape index (κ2) is 6.86. The summed E-state index contributed by atoms with van der Waals surface area (Å²) in [5, 5.41) is 13.9. The van der Waals surface area contributed by atoms with Gasteiger partial charge in [0.05, 0.1) is 11.0 Å². The van der Waals surface area contributed by atoms with E-state index in [2.05, 4.69) is 5.32 Å². The minimum Gasteiger partial charge on any atom is -0.312 e. The fraction of sp³-hybridized carbons (Fsp3) is 0.538. The number of hydrogen-bond acceptors (Lipinski definition) is 4. The summed E-state index contributed by atoms with van der Waals surface area (Å²) >= 11 is 1.98. The first-order chi connectivity index (χ1) is 9.15. The summed E-state index contributed by atoms with van der Waals surface area (Å²) in [4.78, 5) is 10.1. The second-order valence-corrected chi connectivity index (χ2v) is 5.99. The largest absolute Gasteiger partial charge is 0.312 e. The van der Waals surface area contributed by atoms with Crippen molar-refractivity contribution in [3.63, 3.8) is 0 Å². The fourth-order valence-electron chi connectivity index (χ4n) is 2.21. The molecule has 0 aromatic heterocycles. The molecule has 0 amide bonds. The van der Waals surface area contributed by atoms with Crippen molar-refractivity contribution in [3.05, 3.63) is 39.7 Å². The molecule has 1 aliphatic heterocycles. The number of nitro groups is 1. The molecule has 4 nitrogen and oxygen atoms in total. The van der Waals surface area contributed by atoms with Crippen LogP contribution in [0.3, 0.4) is 0 Å². The van der Waals surface area contributed by atoms with Gasteiger partial charge in [-0.2, -0.15) is 11.8 Å². The molecule has 0 saturated carbocycles. The monoisotopic (exact) mass is 284 g/mol. The molecule has 1 aliphatic rings. The lowest BCUT2D eigenvalue weighted by molar-refractivity contribution is -0.385. The standard InChI is InChI=1S/C13H17FN2O2S/c14-12-5-11(6-13(7-12)16(17)18)9-15-8-10-1-3-19-4-2-10/h5-7,10,15H,1-4,8-9H2. The van der Waals surface area contributed by atoms with Gasteiger partial charge in [-0.25, -0.2) is 4.39 Å². The highest BCUT2D eigenvalue weighted by Gasteiger charge is 2.14. The first-order valence-corrected chi connectivity index (χ1v) is 7.53. The third-order valence-corrected chi connectivity index (χ3v) is 4.30. The van der Waals surface area contributed by atoms with Gasteiger partial charge in [0.15, 0.2) is 0 Å². The predicted molar refractivity (Wildman–Crippen MR) is 74.8 cm³/mol. The Morgan fingerprint density at radius 1 is 1.37 bits per heavy atom. The first kappa shape index (κ1) is 14.3. The highest BCUT2D eigenvalue weighted by molar-refractivity contribution is 7.99. The van der Waals surface area contributed by atoms with Crippen LogP contribution in [0, 0.1) is 21.8 Å². The van der Waals surface area contributed by atoms with Gasteiger partial charge < -0.3 is 5.32 Å². The molecule has 0 bridgehead atoms. The lowest BCUT2D eigenvalue weighted by Crippen LogP contribution is -2.25. The van der Waals surface area contributed by atoms with Crippen molar-refractivity contribution in [3.8, 4) is 0 Å². The predicted octanol–water partition coefficient (Wildman–Crippen LogP) is 2.97. The van der Waals surface area contributed by atoms with Crippen molar-refractivity contribution in [1.82, 2.24) is 5.32 Å². The van der Waals surface area contributed by atoms with Gasteiger partial charge in [-0.1, -0.05) is 0 Å². The molecule has 0 aliphatic carbocycles. The number of rotatable bonds is 5. The van der Waals surface area contributed by atoms with Crippen LogP contribution in [0.5, 0.6) is 0 Å². The molecule has 6 heteroatoms. The molecule has 1 fully saturated rings. The Kier molecular flexibility index (Phi) is 5.15. The summed E-state index contributed by atoms with van der Waals surface area (Å²) in [6.07, 6.45) is 2.42. The molecular weight excluding hydrogens is 267 g/mol. The smallest absolute Gasteiger partial charge is 0.272 e. The van der Waals surface area contributed by atoms with Crippen molar-refractivity contribution in [2.75, 3.05) is 18.1 Å². The van der Waals surface area contributed by atoms with E-state index in [1.54, 1.807) is 0 Å². The Bertz CT molecular complexity index is 450. The molecule has 1 saturated heterocycles. The van der Waals surface area contributed by atoms with Crippen LogP contribution in [0.15, 0.2) is 18.2 Å². The Morgan fingerprint density at radius 3 is 2.79 bits per heavy atom. The van der Waals surface area contributed by atoms with E-state index in [0.29, 0.717) is 18.0 Å². The van der Waals surface area contributed by atoms with E-state index in [9.17, 15) is 14.5 Å². The summed E-state index contributed by atoms with van der Waals surface area (Å²) in [5.41, 5.74) is 0.433. The van der Waals surface area contributed by atoms with Crippen LogP contribution in [0.2, 0.25) is 0 Å². The molecule has 0 unspecified atom stereocenters. The lowest BCUT2D eigenvalue weighted by atomic mass is 10.0. The third kappa shape index (κ3) is 4.47. The van der Waals surface area contributed by atoms with Crippen molar-refractivity contribution >= 4 is 17.4 Å². The molecule has 1 heterocycles. The molecule has 1 N–H and O–H groups in total. The summed E-state index contributed by atoms with van der Waals surface area (Å²) in [6.45, 7) is 1.37. The van der Waals surface area contributed by atoms with Gasteiger partial charge in [0.25, 0.3) is 5.69 Å². The van der Waals surface area contributed by atoms with E-state index in [1.165, 1.54) is 36.5 Å². The average molecular weight is 284 g/mol. The number of nitro benzene ring substituents is 1. The van der Waals surface area contributed by atoms with Crippen LogP contribution < -0.4 is 5.32 Å². The third-order valence-electron chi connectivity index (χ3n) is 3.26. The minimum absolute atomic E-state index is 0.189. The van der Waals surface area contributed by atoms with Crippen molar-refractivity contribution in [2.24, 2.45) is 5.92 Å². The molecule has 1 aromatic rings. The topological polar surface area (TPSA) is 55.2 Å². The molecule has 0 spiro atoms. The molecule has 104 valence electrons. The Balaban J connectivity index is 1.86. The van der Waals surface area contributed by atoms with Gasteiger partial charge in [-0.15, -0.1) is 0 Å². The Labute approximate surface area is 115 Å². The maximum atomic E-state index is 13.2. The summed E-state index contributed by atoms with van der Waals surface area (Å²) in [6, 6.07) is 3.71. The number of non-ortho nitro benzene ring substituents is 1. The fourth-order valence-corrected chi connectivity index (χ4v) is 3.42. The summed E-state index contributed by atoms with van der Waals surface area (Å²) in [7, 11) is 0. The van der Waals surface area contributed by atoms with E-state index in [4.69, 9.17) is 0 Å². The van der Waals surface area contributed by atoms with Crippen LogP contribution >= 0.6 is 11.8 Å². The summed E-state index contributed by atoms with van der Waals surface area (Å²) in [5.74, 6) is 2.53. The van der Waals surface area contributed by atoms with E-state index in [-0.39, 0.29) is 5.69 Å². The summed E-state index contributed by atoms with van der Waals surface area (Å²) < 4.78 is 13.2. The van der Waals surface area contributed by atoms with Gasteiger partial charge in [0.1, 0.15) is 5.82 Å². The Hall–Kier alpha value is -1.14. The van der Waals surface area contributed by atoms with E-state index >= 15 is 0 Å². The molecule has 0 radical (unpaired) electrons. The number of nitrogens with one attached hydrogen (secondary N) is 1. The maximum absolute atomic E-state index is 13.2. The van der Waals surface area contributed by atoms with Gasteiger partial charge in [-0.05, 0) is 48.4 Å². The lowest BCUT2D eigenvalue weighted by Gasteiger charge is -2.21. The maximum Gasteiger partial charge on any atom is 0.272 e. The highest BCUT2D eigenvalue weighted by Crippen LogP contribution is 2.22. The minimum atomic E-state index is -0.565. The van der Waals surface area contributed by atoms with Crippen molar-refractivity contribution in [2.45, 2.75) is 19.4 Å².